The minimum atomic E-state index is -0.851. The van der Waals surface area contributed by atoms with Crippen molar-refractivity contribution in [2.75, 3.05) is 0 Å². The lowest BCUT2D eigenvalue weighted by Crippen LogP contribution is -2.54. The van der Waals surface area contributed by atoms with E-state index in [1.165, 1.54) is 0 Å². The quantitative estimate of drug-likeness (QED) is 0.769. The number of hydrogen-bond donors (Lipinski definition) is 2. The van der Waals surface area contributed by atoms with Crippen molar-refractivity contribution < 1.29 is 24.6 Å². The summed E-state index contributed by atoms with van der Waals surface area (Å²) in [6.45, 7) is 6.00. The Bertz CT molecular complexity index is 614. The van der Waals surface area contributed by atoms with Gasteiger partial charge in [-0.25, -0.2) is 0 Å². The first-order valence-corrected chi connectivity index (χ1v) is 10.1. The number of carboxylic acids is 2. The lowest BCUT2D eigenvalue weighted by Gasteiger charge is -2.58. The fraction of sp³-hybridized carbons (Fsp3) is 0.857. The summed E-state index contributed by atoms with van der Waals surface area (Å²) in [5.41, 5.74) is -0.431. The average Bonchev–Trinajstić information content (AvgIpc) is 2.90. The highest BCUT2D eigenvalue weighted by atomic mass is 16.4. The molecule has 3 rings (SSSR count). The van der Waals surface area contributed by atoms with Crippen LogP contribution in [0.4, 0.5) is 0 Å². The van der Waals surface area contributed by atoms with Gasteiger partial charge in [0.1, 0.15) is 5.78 Å². The molecule has 5 nitrogen and oxygen atoms in total. The highest BCUT2D eigenvalue weighted by Crippen LogP contribution is 2.66. The molecule has 0 aliphatic heterocycles. The van der Waals surface area contributed by atoms with Gasteiger partial charge in [0, 0.05) is 12.3 Å². The third kappa shape index (κ3) is 2.87. The second-order valence-corrected chi connectivity index (χ2v) is 9.53. The van der Waals surface area contributed by atoms with E-state index in [1.54, 1.807) is 6.92 Å². The third-order valence-electron chi connectivity index (χ3n) is 8.54. The van der Waals surface area contributed by atoms with Gasteiger partial charge in [0.25, 0.3) is 0 Å². The van der Waals surface area contributed by atoms with E-state index in [0.717, 1.165) is 32.1 Å². The van der Waals surface area contributed by atoms with Gasteiger partial charge >= 0.3 is 11.9 Å². The molecule has 7 atom stereocenters. The number of fused-ring (bicyclic) bond motifs is 3. The molecule has 0 aromatic carbocycles. The van der Waals surface area contributed by atoms with Crippen LogP contribution in [0.15, 0.2) is 0 Å². The molecule has 0 aromatic heterocycles. The van der Waals surface area contributed by atoms with Crippen LogP contribution >= 0.6 is 0 Å². The zero-order valence-electron chi connectivity index (χ0n) is 16.2. The zero-order chi connectivity index (χ0) is 19.3. The summed E-state index contributed by atoms with van der Waals surface area (Å²) in [7, 11) is 0. The Morgan fingerprint density at radius 2 is 1.58 bits per heavy atom. The van der Waals surface area contributed by atoms with E-state index in [2.05, 4.69) is 6.92 Å². The molecule has 3 aliphatic carbocycles. The lowest BCUT2D eigenvalue weighted by atomic mass is 9.46. The molecule has 3 saturated carbocycles. The van der Waals surface area contributed by atoms with E-state index >= 15 is 0 Å². The molecular formula is C21H32O5. The van der Waals surface area contributed by atoms with Gasteiger partial charge in [-0.15, -0.1) is 0 Å². The fourth-order valence-electron chi connectivity index (χ4n) is 7.27. The van der Waals surface area contributed by atoms with Crippen molar-refractivity contribution in [1.29, 1.82) is 0 Å². The Labute approximate surface area is 155 Å². The van der Waals surface area contributed by atoms with Crippen molar-refractivity contribution >= 4 is 17.7 Å². The van der Waals surface area contributed by atoms with Gasteiger partial charge in [-0.2, -0.15) is 0 Å². The van der Waals surface area contributed by atoms with Crippen LogP contribution in [-0.2, 0) is 14.4 Å². The van der Waals surface area contributed by atoms with Crippen LogP contribution in [0.3, 0.4) is 0 Å². The Kier molecular flexibility index (Phi) is 4.95. The van der Waals surface area contributed by atoms with Gasteiger partial charge < -0.3 is 10.2 Å². The van der Waals surface area contributed by atoms with Gasteiger partial charge in [-0.3, -0.25) is 14.4 Å². The molecule has 3 fully saturated rings. The number of Topliss-reactive ketones (excluding diaryl/α,β-unsaturated/α-hetero) is 1. The first-order valence-electron chi connectivity index (χ1n) is 10.1. The summed E-state index contributed by atoms with van der Waals surface area (Å²) in [6, 6.07) is 0. The van der Waals surface area contributed by atoms with Crippen LogP contribution in [0.5, 0.6) is 0 Å². The Morgan fingerprint density at radius 1 is 0.923 bits per heavy atom. The summed E-state index contributed by atoms with van der Waals surface area (Å²) in [6.07, 6.45) is 5.86. The number of carbonyl (C=O) groups is 3. The van der Waals surface area contributed by atoms with Crippen molar-refractivity contribution in [2.24, 2.45) is 40.4 Å². The molecule has 2 N–H and O–H groups in total. The average molecular weight is 364 g/mol. The van der Waals surface area contributed by atoms with Gasteiger partial charge in [-0.05, 0) is 80.5 Å². The number of hydrogen-bond acceptors (Lipinski definition) is 3. The number of carboxylic acid groups (broad SMARTS) is 2. The van der Waals surface area contributed by atoms with Crippen molar-refractivity contribution in [1.82, 2.24) is 0 Å². The van der Waals surface area contributed by atoms with Crippen molar-refractivity contribution in [3.05, 3.63) is 0 Å². The van der Waals surface area contributed by atoms with E-state index in [9.17, 15) is 24.6 Å². The SMILES string of the molecule is CC(=O)[C@@H]1CC[C@@H]2[C@@H]3CC[C@H](C(=O)O)[C@](C)(CCC(=O)O)[C@@H]3CC[C@@]21C. The van der Waals surface area contributed by atoms with E-state index < -0.39 is 23.3 Å². The van der Waals surface area contributed by atoms with Gasteiger partial charge in [0.2, 0.25) is 0 Å². The molecule has 0 radical (unpaired) electrons. The molecule has 0 aromatic rings. The van der Waals surface area contributed by atoms with Crippen LogP contribution < -0.4 is 0 Å². The normalized spacial score (nSPS) is 44.8. The Morgan fingerprint density at radius 3 is 2.15 bits per heavy atom. The maximum absolute atomic E-state index is 12.2. The predicted octanol–water partition coefficient (Wildman–Crippen LogP) is 4.00. The van der Waals surface area contributed by atoms with Crippen LogP contribution in [0.25, 0.3) is 0 Å². The number of carbonyl (C=O) groups excluding carboxylic acids is 1. The van der Waals surface area contributed by atoms with Crippen molar-refractivity contribution in [3.63, 3.8) is 0 Å². The summed E-state index contributed by atoms with van der Waals surface area (Å²) in [4.78, 5) is 35.3. The highest BCUT2D eigenvalue weighted by Gasteiger charge is 2.61. The molecule has 5 heteroatoms. The first-order chi connectivity index (χ1) is 12.1. The van der Waals surface area contributed by atoms with E-state index in [1.807, 2.05) is 6.92 Å². The van der Waals surface area contributed by atoms with Gasteiger partial charge in [0.05, 0.1) is 5.92 Å². The molecule has 0 unspecified atom stereocenters. The standard InChI is InChI=1S/C21H32O5/c1-12(22)14-6-7-15-13-4-5-17(19(25)26)21(3,11-9-18(23)24)16(13)8-10-20(14,15)2/h13-17H,4-11H2,1-3H3,(H,23,24)(H,25,26)/t13-,14-,15+,16+,17+,20+,21+/m0/s1. The summed E-state index contributed by atoms with van der Waals surface area (Å²) < 4.78 is 0. The molecule has 0 spiro atoms. The second-order valence-electron chi connectivity index (χ2n) is 9.53. The molecule has 3 aliphatic rings. The lowest BCUT2D eigenvalue weighted by molar-refractivity contribution is -0.162. The molecule has 0 saturated heterocycles. The molecule has 0 heterocycles. The largest absolute Gasteiger partial charge is 0.481 e. The van der Waals surface area contributed by atoms with Crippen LogP contribution in [0.2, 0.25) is 0 Å². The summed E-state index contributed by atoms with van der Waals surface area (Å²) in [5, 5.41) is 19.0. The fourth-order valence-corrected chi connectivity index (χ4v) is 7.27. The number of ketones is 1. The Hall–Kier alpha value is -1.39. The smallest absolute Gasteiger partial charge is 0.307 e. The highest BCUT2D eigenvalue weighted by molar-refractivity contribution is 5.79. The minimum Gasteiger partial charge on any atom is -0.481 e. The molecule has 146 valence electrons. The van der Waals surface area contributed by atoms with E-state index in [-0.39, 0.29) is 23.7 Å². The van der Waals surface area contributed by atoms with Crippen molar-refractivity contribution in [3.8, 4) is 0 Å². The van der Waals surface area contributed by atoms with Crippen molar-refractivity contribution in [2.45, 2.75) is 72.1 Å². The maximum atomic E-state index is 12.2. The van der Waals surface area contributed by atoms with E-state index in [4.69, 9.17) is 0 Å². The topological polar surface area (TPSA) is 91.7 Å². The third-order valence-corrected chi connectivity index (χ3v) is 8.54. The Balaban J connectivity index is 1.91. The maximum Gasteiger partial charge on any atom is 0.307 e. The van der Waals surface area contributed by atoms with Gasteiger partial charge in [-0.1, -0.05) is 13.8 Å². The molecule has 26 heavy (non-hydrogen) atoms. The van der Waals surface area contributed by atoms with Gasteiger partial charge in [0.15, 0.2) is 0 Å². The summed E-state index contributed by atoms with van der Waals surface area (Å²) in [5.74, 6) is -0.523. The van der Waals surface area contributed by atoms with Crippen LogP contribution in [0.1, 0.15) is 72.1 Å². The second kappa shape index (κ2) is 6.65. The summed E-state index contributed by atoms with van der Waals surface area (Å²) >= 11 is 0. The number of aliphatic carboxylic acids is 2. The van der Waals surface area contributed by atoms with Crippen LogP contribution in [-0.4, -0.2) is 27.9 Å². The molecule has 0 amide bonds. The number of rotatable bonds is 5. The monoisotopic (exact) mass is 364 g/mol. The first kappa shape index (κ1) is 19.4. The molecular weight excluding hydrogens is 332 g/mol. The van der Waals surface area contributed by atoms with Crippen LogP contribution in [0, 0.1) is 40.4 Å². The molecule has 0 bridgehead atoms. The predicted molar refractivity (Wildman–Crippen MR) is 96.6 cm³/mol. The van der Waals surface area contributed by atoms with E-state index in [0.29, 0.717) is 30.5 Å². The minimum absolute atomic E-state index is 0.0293. The zero-order valence-corrected chi connectivity index (χ0v) is 16.2.